The van der Waals surface area contributed by atoms with Gasteiger partial charge in [0, 0.05) is 30.8 Å². The van der Waals surface area contributed by atoms with Gasteiger partial charge >= 0.3 is 5.97 Å². The molecule has 0 saturated heterocycles. The Kier molecular flexibility index (Phi) is 3.50. The Morgan fingerprint density at radius 1 is 1.14 bits per heavy atom. The molecule has 3 rings (SSSR count). The molecule has 6 nitrogen and oxygen atoms in total. The summed E-state index contributed by atoms with van der Waals surface area (Å²) >= 11 is 0. The fraction of sp³-hybridized carbons (Fsp3) is 0.188. The van der Waals surface area contributed by atoms with E-state index in [0.717, 1.165) is 11.1 Å². The third-order valence-corrected chi connectivity index (χ3v) is 3.93. The normalized spacial score (nSPS) is 16.9. The minimum Gasteiger partial charge on any atom is -0.480 e. The summed E-state index contributed by atoms with van der Waals surface area (Å²) in [6, 6.07) is 13.1. The molecule has 2 aromatic carbocycles. The molecule has 0 fully saturated rings. The van der Waals surface area contributed by atoms with Crippen LogP contribution in [0.2, 0.25) is 0 Å². The van der Waals surface area contributed by atoms with Crippen molar-refractivity contribution >= 4 is 17.3 Å². The summed E-state index contributed by atoms with van der Waals surface area (Å²) in [5.41, 5.74) is 2.78. The van der Waals surface area contributed by atoms with Crippen molar-refractivity contribution in [3.8, 4) is 0 Å². The van der Waals surface area contributed by atoms with Gasteiger partial charge in [-0.3, -0.25) is 10.1 Å². The largest absolute Gasteiger partial charge is 0.480 e. The quantitative estimate of drug-likeness (QED) is 0.695. The number of nitro groups is 1. The Hall–Kier alpha value is -2.89. The monoisotopic (exact) mass is 298 g/mol. The number of rotatable bonds is 3. The Morgan fingerprint density at radius 2 is 1.77 bits per heavy atom. The Balaban J connectivity index is 1.97. The van der Waals surface area contributed by atoms with Crippen LogP contribution in [0.25, 0.3) is 0 Å². The topological polar surface area (TPSA) is 83.7 Å². The van der Waals surface area contributed by atoms with E-state index < -0.39 is 16.9 Å². The molecule has 0 radical (unpaired) electrons. The van der Waals surface area contributed by atoms with Crippen LogP contribution in [0.5, 0.6) is 0 Å². The molecule has 1 aliphatic rings. The molecule has 1 heterocycles. The lowest BCUT2D eigenvalue weighted by molar-refractivity contribution is -0.384. The van der Waals surface area contributed by atoms with Crippen LogP contribution in [0.1, 0.15) is 11.1 Å². The summed E-state index contributed by atoms with van der Waals surface area (Å²) in [6.45, 7) is 0.477. The molecule has 1 aliphatic heterocycles. The molecule has 0 aliphatic carbocycles. The van der Waals surface area contributed by atoms with E-state index in [9.17, 15) is 20.0 Å². The third-order valence-electron chi connectivity index (χ3n) is 3.93. The third kappa shape index (κ3) is 2.50. The van der Waals surface area contributed by atoms with Crippen molar-refractivity contribution < 1.29 is 14.8 Å². The summed E-state index contributed by atoms with van der Waals surface area (Å²) in [5.74, 6) is -0.896. The van der Waals surface area contributed by atoms with Crippen LogP contribution in [0.3, 0.4) is 0 Å². The number of nitrogens with zero attached hydrogens (tertiary/aromatic N) is 2. The van der Waals surface area contributed by atoms with Gasteiger partial charge in [0.1, 0.15) is 6.04 Å². The number of fused-ring (bicyclic) bond motifs is 1. The van der Waals surface area contributed by atoms with Crippen molar-refractivity contribution in [1.29, 1.82) is 0 Å². The number of carboxylic acids is 1. The van der Waals surface area contributed by atoms with Gasteiger partial charge in [-0.05, 0) is 23.3 Å². The van der Waals surface area contributed by atoms with Crippen molar-refractivity contribution in [2.75, 3.05) is 4.90 Å². The molecule has 0 aromatic heterocycles. The van der Waals surface area contributed by atoms with Gasteiger partial charge in [-0.25, -0.2) is 4.79 Å². The standard InChI is InChI=1S/C16H14N2O4/c19-16(20)15-9-11-3-1-2-4-12(11)10-17(15)13-5-7-14(8-6-13)18(21)22/h1-8,15H,9-10H2,(H,19,20). The van der Waals surface area contributed by atoms with E-state index in [1.165, 1.54) is 12.1 Å². The molecule has 0 saturated carbocycles. The predicted octanol–water partition coefficient (Wildman–Crippen LogP) is 2.61. The number of carboxylic acid groups (broad SMARTS) is 1. The van der Waals surface area contributed by atoms with Gasteiger partial charge < -0.3 is 10.0 Å². The van der Waals surface area contributed by atoms with Gasteiger partial charge in [0.25, 0.3) is 5.69 Å². The Morgan fingerprint density at radius 3 is 2.36 bits per heavy atom. The molecule has 0 spiro atoms. The number of anilines is 1. The molecular formula is C16H14N2O4. The summed E-state index contributed by atoms with van der Waals surface area (Å²) < 4.78 is 0. The SMILES string of the molecule is O=C(O)C1Cc2ccccc2CN1c1ccc([N+](=O)[O-])cc1. The molecular weight excluding hydrogens is 284 g/mol. The first-order valence-electron chi connectivity index (χ1n) is 6.87. The van der Waals surface area contributed by atoms with E-state index in [2.05, 4.69) is 0 Å². The highest BCUT2D eigenvalue weighted by molar-refractivity contribution is 5.79. The highest BCUT2D eigenvalue weighted by Gasteiger charge is 2.31. The predicted molar refractivity (Wildman–Crippen MR) is 80.8 cm³/mol. The number of non-ortho nitro benzene ring substituents is 1. The number of carbonyl (C=O) groups is 1. The zero-order chi connectivity index (χ0) is 15.7. The second kappa shape index (κ2) is 5.48. The van der Waals surface area contributed by atoms with Gasteiger partial charge in [-0.15, -0.1) is 0 Å². The smallest absolute Gasteiger partial charge is 0.326 e. The molecule has 0 amide bonds. The van der Waals surface area contributed by atoms with Gasteiger partial charge in [-0.2, -0.15) is 0 Å². The van der Waals surface area contributed by atoms with E-state index in [1.807, 2.05) is 24.3 Å². The zero-order valence-electron chi connectivity index (χ0n) is 11.7. The minimum atomic E-state index is -0.896. The second-order valence-electron chi connectivity index (χ2n) is 5.23. The lowest BCUT2D eigenvalue weighted by atomic mass is 9.93. The van der Waals surface area contributed by atoms with Gasteiger partial charge in [0.05, 0.1) is 4.92 Å². The average Bonchev–Trinajstić information content (AvgIpc) is 2.53. The number of hydrogen-bond donors (Lipinski definition) is 1. The number of aliphatic carboxylic acids is 1. The van der Waals surface area contributed by atoms with Crippen molar-refractivity contribution in [1.82, 2.24) is 0 Å². The van der Waals surface area contributed by atoms with Gasteiger partial charge in [-0.1, -0.05) is 24.3 Å². The first-order chi connectivity index (χ1) is 10.6. The van der Waals surface area contributed by atoms with E-state index in [1.54, 1.807) is 17.0 Å². The zero-order valence-corrected chi connectivity index (χ0v) is 11.7. The average molecular weight is 298 g/mol. The Bertz CT molecular complexity index is 727. The number of benzene rings is 2. The summed E-state index contributed by atoms with van der Waals surface area (Å²) in [4.78, 5) is 23.6. The summed E-state index contributed by atoms with van der Waals surface area (Å²) in [6.07, 6.45) is 0.419. The maximum absolute atomic E-state index is 11.6. The van der Waals surface area contributed by atoms with E-state index in [4.69, 9.17) is 0 Å². The second-order valence-corrected chi connectivity index (χ2v) is 5.23. The lowest BCUT2D eigenvalue weighted by Gasteiger charge is -2.36. The minimum absolute atomic E-state index is 0.00645. The number of hydrogen-bond acceptors (Lipinski definition) is 4. The summed E-state index contributed by atoms with van der Waals surface area (Å²) in [7, 11) is 0. The highest BCUT2D eigenvalue weighted by Crippen LogP contribution is 2.29. The molecule has 2 aromatic rings. The highest BCUT2D eigenvalue weighted by atomic mass is 16.6. The fourth-order valence-corrected chi connectivity index (χ4v) is 2.78. The van der Waals surface area contributed by atoms with Gasteiger partial charge in [0.2, 0.25) is 0 Å². The maximum atomic E-state index is 11.6. The van der Waals surface area contributed by atoms with Crippen molar-refractivity contribution in [2.24, 2.45) is 0 Å². The first kappa shape index (κ1) is 14.1. The van der Waals surface area contributed by atoms with Crippen molar-refractivity contribution in [3.05, 3.63) is 69.8 Å². The van der Waals surface area contributed by atoms with Crippen molar-refractivity contribution in [3.63, 3.8) is 0 Å². The first-order valence-corrected chi connectivity index (χ1v) is 6.87. The van der Waals surface area contributed by atoms with Crippen LogP contribution >= 0.6 is 0 Å². The van der Waals surface area contributed by atoms with Crippen LogP contribution in [0, 0.1) is 10.1 Å². The van der Waals surface area contributed by atoms with E-state index in [-0.39, 0.29) is 5.69 Å². The molecule has 1 unspecified atom stereocenters. The van der Waals surface area contributed by atoms with E-state index in [0.29, 0.717) is 18.7 Å². The van der Waals surface area contributed by atoms with E-state index >= 15 is 0 Å². The molecule has 6 heteroatoms. The molecule has 0 bridgehead atoms. The molecule has 1 atom stereocenters. The van der Waals surface area contributed by atoms with Gasteiger partial charge in [0.15, 0.2) is 0 Å². The summed E-state index contributed by atoms with van der Waals surface area (Å²) in [5, 5.41) is 20.2. The molecule has 22 heavy (non-hydrogen) atoms. The van der Waals surface area contributed by atoms with Crippen LogP contribution in [-0.2, 0) is 17.8 Å². The van der Waals surface area contributed by atoms with Crippen LogP contribution in [0.4, 0.5) is 11.4 Å². The van der Waals surface area contributed by atoms with Crippen LogP contribution in [0.15, 0.2) is 48.5 Å². The molecule has 1 N–H and O–H groups in total. The maximum Gasteiger partial charge on any atom is 0.326 e. The lowest BCUT2D eigenvalue weighted by Crippen LogP contribution is -2.45. The Labute approximate surface area is 126 Å². The van der Waals surface area contributed by atoms with Crippen LogP contribution < -0.4 is 4.90 Å². The van der Waals surface area contributed by atoms with Crippen LogP contribution in [-0.4, -0.2) is 22.0 Å². The molecule has 112 valence electrons. The van der Waals surface area contributed by atoms with Crippen molar-refractivity contribution in [2.45, 2.75) is 19.0 Å². The number of nitro benzene ring substituents is 1. The fourth-order valence-electron chi connectivity index (χ4n) is 2.78.